The zero-order chi connectivity index (χ0) is 48.1. The zero-order valence-electron chi connectivity index (χ0n) is 39.1. The molecule has 0 unspecified atom stereocenters. The molecule has 0 spiro atoms. The van der Waals surface area contributed by atoms with Crippen molar-refractivity contribution in [2.45, 2.75) is 38.0 Å². The second-order valence-electron chi connectivity index (χ2n) is 19.5. The van der Waals surface area contributed by atoms with Crippen molar-refractivity contribution in [2.75, 3.05) is 101 Å². The van der Waals surface area contributed by atoms with Crippen molar-refractivity contribution in [3.05, 3.63) is 111 Å². The standard InChI is InChI=1S/C48H60ClN10O7PS/c1-48(2)16-14-35(40(27-48)33-6-8-36(49)9-7-33)31-56-18-20-57(21-19-56)37-10-12-39(42(25-37)58-22-23-66-47-44(58)24-34-15-17-50-45(34)52-47)46(60)53-68(64,65)38-11-13-41(43(26-38)59(61)62)51-28-32-29-54(3)67(5,63)55(4)30-32/h6-13,15,17,24-26,32,51,63,67H,14,16,18-23,27-31H2,1-5H3,(H,50,52)(H,53,60). The number of nitrogens with one attached hydrogen (secondary N) is 3. The molecule has 362 valence electrons. The molecule has 17 nitrogen and oxygen atoms in total. The van der Waals surface area contributed by atoms with E-state index in [-0.39, 0.29) is 29.2 Å². The normalized spacial score (nSPS) is 20.7. The van der Waals surface area contributed by atoms with Gasteiger partial charge in [-0.25, -0.2) is 0 Å². The van der Waals surface area contributed by atoms with Crippen LogP contribution in [0.15, 0.2) is 89.5 Å². The first-order valence-corrected chi connectivity index (χ1v) is 27.3. The number of benzene rings is 3. The SMILES string of the molecule is CN1CC(CNc2ccc(S(=O)(=O)NC(=O)c3ccc(N4CCN(CC5=C(c6ccc(Cl)cc6)CC(C)(C)CC5)CC4)cc3N3CCOc4nc5[nH]ccc5cc43)cc2[N+](=O)[O-])CN(C)[PH]1(C)O. The first-order chi connectivity index (χ1) is 32.3. The van der Waals surface area contributed by atoms with Crippen LogP contribution in [0.5, 0.6) is 5.88 Å². The Morgan fingerprint density at radius 1 is 1.00 bits per heavy atom. The Hall–Kier alpha value is -5.33. The fraction of sp³-hybridized carbons (Fsp3) is 0.417. The molecular weight excluding hydrogens is 927 g/mol. The number of H-pyrrole nitrogens is 1. The van der Waals surface area contributed by atoms with E-state index in [1.54, 1.807) is 12.3 Å². The maximum absolute atomic E-state index is 14.4. The van der Waals surface area contributed by atoms with E-state index in [9.17, 15) is 28.2 Å². The second kappa shape index (κ2) is 18.9. The van der Waals surface area contributed by atoms with Gasteiger partial charge in [0.25, 0.3) is 0 Å². The molecule has 0 saturated carbocycles. The Morgan fingerprint density at radius 3 is 2.46 bits per heavy atom. The van der Waals surface area contributed by atoms with Crippen molar-refractivity contribution in [3.8, 4) is 5.88 Å². The van der Waals surface area contributed by atoms with Crippen molar-refractivity contribution in [1.29, 1.82) is 0 Å². The minimum atomic E-state index is -4.61. The van der Waals surface area contributed by atoms with Crippen LogP contribution in [-0.2, 0) is 10.0 Å². The number of hydrogen-bond donors (Lipinski definition) is 4. The molecule has 5 aromatic rings. The quantitative estimate of drug-likeness (QED) is 0.0543. The number of anilines is 4. The number of nitro benzene ring substituents is 1. The number of aromatic amines is 1. The Bertz CT molecular complexity index is 2870. The van der Waals surface area contributed by atoms with Crippen LogP contribution in [0.2, 0.25) is 5.02 Å². The van der Waals surface area contributed by atoms with E-state index in [0.717, 1.165) is 74.1 Å². The first-order valence-electron chi connectivity index (χ1n) is 23.1. The molecule has 68 heavy (non-hydrogen) atoms. The molecule has 3 aliphatic heterocycles. The number of nitrogens with zero attached hydrogens (tertiary/aromatic N) is 7. The molecule has 20 heteroatoms. The molecule has 9 rings (SSSR count). The monoisotopic (exact) mass is 986 g/mol. The molecule has 5 heterocycles. The van der Waals surface area contributed by atoms with Gasteiger partial charge in [0.2, 0.25) is 5.88 Å². The molecule has 0 atom stereocenters. The topological polar surface area (TPSA) is 193 Å². The van der Waals surface area contributed by atoms with Crippen LogP contribution in [-0.4, -0.2) is 135 Å². The number of ether oxygens (including phenoxy) is 1. The molecule has 4 aliphatic rings. The number of rotatable bonds is 12. The summed E-state index contributed by atoms with van der Waals surface area (Å²) < 4.78 is 40.1. The van der Waals surface area contributed by atoms with Crippen LogP contribution >= 0.6 is 19.4 Å². The van der Waals surface area contributed by atoms with E-state index in [1.165, 1.54) is 28.8 Å². The molecule has 1 aliphatic carbocycles. The number of halogens is 1. The number of piperazine rings is 1. The van der Waals surface area contributed by atoms with Crippen LogP contribution in [0.25, 0.3) is 16.6 Å². The Balaban J connectivity index is 0.962. The maximum atomic E-state index is 14.4. The molecule has 0 bridgehead atoms. The van der Waals surface area contributed by atoms with Gasteiger partial charge in [0.15, 0.2) is 0 Å². The van der Waals surface area contributed by atoms with Gasteiger partial charge in [-0.3, -0.25) is 9.69 Å². The van der Waals surface area contributed by atoms with Crippen molar-refractivity contribution in [2.24, 2.45) is 11.3 Å². The van der Waals surface area contributed by atoms with Gasteiger partial charge in [0.1, 0.15) is 17.9 Å². The first kappa shape index (κ1) is 47.7. The number of carbonyl (C=O) groups is 1. The number of aromatic nitrogens is 2. The summed E-state index contributed by atoms with van der Waals surface area (Å²) in [7, 11) is -3.59. The van der Waals surface area contributed by atoms with E-state index < -0.39 is 39.2 Å². The van der Waals surface area contributed by atoms with Gasteiger partial charge in [-0.05, 0) is 78.3 Å². The molecule has 2 fully saturated rings. The summed E-state index contributed by atoms with van der Waals surface area (Å²) in [6.45, 7) is 12.7. The second-order valence-corrected chi connectivity index (χ2v) is 25.1. The van der Waals surface area contributed by atoms with E-state index in [0.29, 0.717) is 49.1 Å². The van der Waals surface area contributed by atoms with Crippen LogP contribution < -0.4 is 24.6 Å². The summed E-state index contributed by atoms with van der Waals surface area (Å²) in [6.07, 6.45) is 4.98. The predicted octanol–water partition coefficient (Wildman–Crippen LogP) is 7.58. The van der Waals surface area contributed by atoms with E-state index in [1.807, 2.05) is 71.4 Å². The summed E-state index contributed by atoms with van der Waals surface area (Å²) in [5.74, 6) is -0.476. The van der Waals surface area contributed by atoms with Gasteiger partial charge in [0.05, 0.1) is 17.8 Å². The third-order valence-electron chi connectivity index (χ3n) is 14.2. The average molecular weight is 988 g/mol. The van der Waals surface area contributed by atoms with Crippen molar-refractivity contribution >= 4 is 80.4 Å². The number of fused-ring (bicyclic) bond motifs is 2. The van der Waals surface area contributed by atoms with Gasteiger partial charge < -0.3 is 19.5 Å². The molecule has 2 aromatic heterocycles. The van der Waals surface area contributed by atoms with Gasteiger partial charge in [-0.1, -0.05) is 43.2 Å². The Labute approximate surface area is 402 Å². The molecular formula is C48H60ClN10O7PS. The summed E-state index contributed by atoms with van der Waals surface area (Å²) in [6, 6.07) is 21.0. The van der Waals surface area contributed by atoms with Gasteiger partial charge in [-0.2, -0.15) is 4.98 Å². The third kappa shape index (κ3) is 9.91. The van der Waals surface area contributed by atoms with E-state index in [4.69, 9.17) is 21.3 Å². The zero-order valence-corrected chi connectivity index (χ0v) is 41.7. The fourth-order valence-electron chi connectivity index (χ4n) is 9.96. The molecule has 0 radical (unpaired) electrons. The summed E-state index contributed by atoms with van der Waals surface area (Å²) in [5.41, 5.74) is 6.74. The number of allylic oxidation sites excluding steroid dienone is 1. The number of pyridine rings is 1. The molecule has 3 aromatic carbocycles. The number of nitro groups is 1. The van der Waals surface area contributed by atoms with Crippen LogP contribution in [0.3, 0.4) is 0 Å². The van der Waals surface area contributed by atoms with Crippen molar-refractivity contribution < 1.29 is 27.8 Å². The van der Waals surface area contributed by atoms with E-state index >= 15 is 0 Å². The van der Waals surface area contributed by atoms with Crippen LogP contribution in [0, 0.1) is 21.4 Å². The number of hydrogen-bond acceptors (Lipinski definition) is 14. The van der Waals surface area contributed by atoms with E-state index in [2.05, 4.69) is 50.8 Å². The fourth-order valence-corrected chi connectivity index (χ4v) is 12.9. The number of amides is 1. The minimum absolute atomic E-state index is 0.0421. The summed E-state index contributed by atoms with van der Waals surface area (Å²) >= 11 is 6.27. The molecule has 1 amide bonds. The molecule has 2 saturated heterocycles. The third-order valence-corrected chi connectivity index (χ3v) is 19.0. The van der Waals surface area contributed by atoms with Crippen molar-refractivity contribution in [3.63, 3.8) is 0 Å². The predicted molar refractivity (Wildman–Crippen MR) is 271 cm³/mol. The average Bonchev–Trinajstić information content (AvgIpc) is 3.77. The Kier molecular flexibility index (Phi) is 13.2. The summed E-state index contributed by atoms with van der Waals surface area (Å²) in [4.78, 5) is 51.1. The van der Waals surface area contributed by atoms with Crippen molar-refractivity contribution in [1.82, 2.24) is 28.9 Å². The van der Waals surface area contributed by atoms with Crippen LogP contribution in [0.4, 0.5) is 28.4 Å². The summed E-state index contributed by atoms with van der Waals surface area (Å²) in [5, 5.41) is 17.0. The van der Waals surface area contributed by atoms with Gasteiger partial charge >= 0.3 is 152 Å². The number of carbonyl (C=O) groups excluding carboxylic acids is 1. The van der Waals surface area contributed by atoms with Gasteiger partial charge in [-0.15, -0.1) is 0 Å². The molecule has 4 N–H and O–H groups in total. The van der Waals surface area contributed by atoms with Gasteiger partial charge in [0, 0.05) is 55.0 Å². The van der Waals surface area contributed by atoms with Crippen LogP contribution in [0.1, 0.15) is 49.0 Å². The number of sulfonamides is 1. The Morgan fingerprint density at radius 2 is 1.74 bits per heavy atom.